The molecule has 20 heavy (non-hydrogen) atoms. The number of H-pyrrole nitrogens is 1. The summed E-state index contributed by atoms with van der Waals surface area (Å²) >= 11 is 0. The van der Waals surface area contributed by atoms with Gasteiger partial charge in [0, 0.05) is 6.26 Å². The highest BCUT2D eigenvalue weighted by Gasteiger charge is 2.36. The first-order valence-electron chi connectivity index (χ1n) is 5.70. The van der Waals surface area contributed by atoms with Gasteiger partial charge in [-0.1, -0.05) is 0 Å². The molecule has 0 atom stereocenters. The van der Waals surface area contributed by atoms with Gasteiger partial charge < -0.3 is 4.98 Å². The minimum Gasteiger partial charge on any atom is -0.341 e. The van der Waals surface area contributed by atoms with E-state index in [4.69, 9.17) is 0 Å². The van der Waals surface area contributed by atoms with Crippen LogP contribution in [0.25, 0.3) is 11.0 Å². The highest BCUT2D eigenvalue weighted by Crippen LogP contribution is 2.33. The summed E-state index contributed by atoms with van der Waals surface area (Å²) in [5.74, 6) is 0.120. The molecule has 110 valence electrons. The summed E-state index contributed by atoms with van der Waals surface area (Å²) in [6, 6.07) is 3.06. The van der Waals surface area contributed by atoms with Gasteiger partial charge in [0.1, 0.15) is 10.6 Å². The van der Waals surface area contributed by atoms with Gasteiger partial charge in [-0.3, -0.25) is 0 Å². The number of aromatic amines is 1. The molecule has 1 heterocycles. The highest BCUT2D eigenvalue weighted by molar-refractivity contribution is 7.91. The van der Waals surface area contributed by atoms with Crippen LogP contribution in [0.5, 0.6) is 0 Å². The third-order valence-corrected chi connectivity index (χ3v) is 5.35. The first-order chi connectivity index (χ1) is 8.93. The molecule has 1 N–H and O–H groups in total. The largest absolute Gasteiger partial charge is 0.416 e. The minimum absolute atomic E-state index is 0.120. The second kappa shape index (κ2) is 4.21. The number of hydrogen-bond donors (Lipinski definition) is 1. The van der Waals surface area contributed by atoms with Crippen molar-refractivity contribution in [2.45, 2.75) is 24.8 Å². The Labute approximate surface area is 113 Å². The zero-order valence-electron chi connectivity index (χ0n) is 11.0. The zero-order valence-corrected chi connectivity index (χ0v) is 11.9. The van der Waals surface area contributed by atoms with Crippen LogP contribution in [0.2, 0.25) is 0 Å². The number of nitrogens with zero attached hydrogens (tertiary/aromatic N) is 1. The van der Waals surface area contributed by atoms with Crippen LogP contribution in [0.4, 0.5) is 13.2 Å². The van der Waals surface area contributed by atoms with Crippen molar-refractivity contribution >= 4 is 20.9 Å². The van der Waals surface area contributed by atoms with Crippen molar-refractivity contribution in [2.75, 3.05) is 6.26 Å². The van der Waals surface area contributed by atoms with Crippen molar-refractivity contribution < 1.29 is 21.6 Å². The lowest BCUT2D eigenvalue weighted by Gasteiger charge is -2.19. The Bertz CT molecular complexity index is 761. The van der Waals surface area contributed by atoms with Gasteiger partial charge in [0.25, 0.3) is 0 Å². The molecule has 0 saturated heterocycles. The maximum absolute atomic E-state index is 12.6. The van der Waals surface area contributed by atoms with Crippen LogP contribution in [0.15, 0.2) is 18.2 Å². The molecule has 0 saturated carbocycles. The Morgan fingerprint density at radius 3 is 2.30 bits per heavy atom. The monoisotopic (exact) mass is 306 g/mol. The van der Waals surface area contributed by atoms with E-state index in [0.717, 1.165) is 18.4 Å². The summed E-state index contributed by atoms with van der Waals surface area (Å²) in [5.41, 5.74) is -0.353. The fourth-order valence-electron chi connectivity index (χ4n) is 1.65. The summed E-state index contributed by atoms with van der Waals surface area (Å²) in [5, 5.41) is 0. The van der Waals surface area contributed by atoms with Crippen molar-refractivity contribution in [1.82, 2.24) is 9.97 Å². The first-order valence-corrected chi connectivity index (χ1v) is 7.59. The lowest BCUT2D eigenvalue weighted by molar-refractivity contribution is -0.137. The smallest absolute Gasteiger partial charge is 0.341 e. The Balaban J connectivity index is 2.61. The van der Waals surface area contributed by atoms with E-state index in [-0.39, 0.29) is 11.3 Å². The number of imidazole rings is 1. The van der Waals surface area contributed by atoms with Crippen molar-refractivity contribution in [3.05, 3.63) is 29.6 Å². The Hall–Kier alpha value is -1.57. The third kappa shape index (κ3) is 2.39. The van der Waals surface area contributed by atoms with Gasteiger partial charge in [-0.2, -0.15) is 13.2 Å². The van der Waals surface area contributed by atoms with Crippen LogP contribution in [0.3, 0.4) is 0 Å². The molecule has 0 aliphatic heterocycles. The van der Waals surface area contributed by atoms with Crippen molar-refractivity contribution in [3.8, 4) is 0 Å². The number of fused-ring (bicyclic) bond motifs is 1. The van der Waals surface area contributed by atoms with E-state index < -0.39 is 26.3 Å². The van der Waals surface area contributed by atoms with Gasteiger partial charge in [-0.15, -0.1) is 0 Å². The summed E-state index contributed by atoms with van der Waals surface area (Å²) in [6.07, 6.45) is -3.40. The van der Waals surface area contributed by atoms with E-state index in [1.807, 2.05) is 0 Å². The van der Waals surface area contributed by atoms with Crippen LogP contribution < -0.4 is 0 Å². The van der Waals surface area contributed by atoms with E-state index in [2.05, 4.69) is 9.97 Å². The normalized spacial score (nSPS) is 13.9. The highest BCUT2D eigenvalue weighted by atomic mass is 32.2. The van der Waals surface area contributed by atoms with Crippen LogP contribution in [0.1, 0.15) is 25.2 Å². The second-order valence-electron chi connectivity index (χ2n) is 5.10. The molecule has 0 spiro atoms. The third-order valence-electron chi connectivity index (χ3n) is 3.31. The molecule has 0 radical (unpaired) electrons. The van der Waals surface area contributed by atoms with Gasteiger partial charge in [0.15, 0.2) is 9.84 Å². The SMILES string of the molecule is CC(C)(c1nc2ccc(C(F)(F)F)cc2[nH]1)S(C)(=O)=O. The predicted molar refractivity (Wildman–Crippen MR) is 69.0 cm³/mol. The fourth-order valence-corrected chi connectivity index (χ4v) is 2.09. The number of rotatable bonds is 2. The van der Waals surface area contributed by atoms with E-state index >= 15 is 0 Å². The number of hydrogen-bond acceptors (Lipinski definition) is 3. The average molecular weight is 306 g/mol. The number of aromatic nitrogens is 2. The van der Waals surface area contributed by atoms with Crippen LogP contribution >= 0.6 is 0 Å². The Kier molecular flexibility index (Phi) is 3.12. The molecule has 1 aromatic heterocycles. The maximum atomic E-state index is 12.6. The number of halogens is 3. The first kappa shape index (κ1) is 14.8. The Morgan fingerprint density at radius 2 is 1.80 bits per heavy atom. The summed E-state index contributed by atoms with van der Waals surface area (Å²) in [6.45, 7) is 2.90. The quantitative estimate of drug-likeness (QED) is 0.928. The standard InChI is InChI=1S/C12H13F3N2O2S/c1-11(2,20(3,18)19)10-16-8-5-4-7(12(13,14)15)6-9(8)17-10/h4-6H,1-3H3,(H,16,17). The van der Waals surface area contributed by atoms with Gasteiger partial charge in [-0.25, -0.2) is 13.4 Å². The topological polar surface area (TPSA) is 62.8 Å². The number of benzene rings is 1. The van der Waals surface area contributed by atoms with Gasteiger partial charge in [-0.05, 0) is 32.0 Å². The number of sulfone groups is 1. The van der Waals surface area contributed by atoms with E-state index in [0.29, 0.717) is 5.52 Å². The van der Waals surface area contributed by atoms with Gasteiger partial charge in [0.2, 0.25) is 0 Å². The lowest BCUT2D eigenvalue weighted by Crippen LogP contribution is -2.29. The van der Waals surface area contributed by atoms with Crippen molar-refractivity contribution in [1.29, 1.82) is 0 Å². The summed E-state index contributed by atoms with van der Waals surface area (Å²) < 4.78 is 60.0. The van der Waals surface area contributed by atoms with Gasteiger partial charge in [0.05, 0.1) is 16.6 Å². The summed E-state index contributed by atoms with van der Waals surface area (Å²) in [7, 11) is -3.46. The molecule has 8 heteroatoms. The molecule has 0 aliphatic rings. The molecule has 2 rings (SSSR count). The lowest BCUT2D eigenvalue weighted by atomic mass is 10.2. The molecule has 0 aliphatic carbocycles. The van der Waals surface area contributed by atoms with Crippen LogP contribution in [-0.2, 0) is 20.8 Å². The molecular weight excluding hydrogens is 293 g/mol. The van der Waals surface area contributed by atoms with E-state index in [1.54, 1.807) is 0 Å². The molecule has 0 bridgehead atoms. The molecule has 0 unspecified atom stereocenters. The minimum atomic E-state index is -4.45. The number of alkyl halides is 3. The molecule has 1 aromatic carbocycles. The molecule has 2 aromatic rings. The predicted octanol–water partition coefficient (Wildman–Crippen LogP) is 2.86. The fraction of sp³-hybridized carbons (Fsp3) is 0.417. The van der Waals surface area contributed by atoms with Crippen LogP contribution in [-0.4, -0.2) is 24.6 Å². The molecular formula is C12H13F3N2O2S. The summed E-state index contributed by atoms with van der Waals surface area (Å²) in [4.78, 5) is 6.74. The van der Waals surface area contributed by atoms with E-state index in [9.17, 15) is 21.6 Å². The number of nitrogens with one attached hydrogen (secondary N) is 1. The molecule has 0 amide bonds. The van der Waals surface area contributed by atoms with Crippen LogP contribution in [0, 0.1) is 0 Å². The van der Waals surface area contributed by atoms with Crippen molar-refractivity contribution in [3.63, 3.8) is 0 Å². The van der Waals surface area contributed by atoms with E-state index in [1.165, 1.54) is 19.9 Å². The Morgan fingerprint density at radius 1 is 1.20 bits per heavy atom. The zero-order chi connectivity index (χ0) is 15.3. The molecule has 0 fully saturated rings. The average Bonchev–Trinajstić information content (AvgIpc) is 2.68. The van der Waals surface area contributed by atoms with Gasteiger partial charge >= 0.3 is 6.18 Å². The molecule has 4 nitrogen and oxygen atoms in total. The van der Waals surface area contributed by atoms with Crippen molar-refractivity contribution in [2.24, 2.45) is 0 Å². The second-order valence-corrected chi connectivity index (χ2v) is 7.66. The maximum Gasteiger partial charge on any atom is 0.416 e.